The lowest BCUT2D eigenvalue weighted by molar-refractivity contribution is -0.363. The van der Waals surface area contributed by atoms with E-state index in [4.69, 9.17) is 5.73 Å². The average Bonchev–Trinajstić information content (AvgIpc) is 3.05. The molecule has 0 radical (unpaired) electrons. The maximum Gasteiger partial charge on any atom is 0.386 e. The summed E-state index contributed by atoms with van der Waals surface area (Å²) in [6.07, 6.45) is 4.30. The van der Waals surface area contributed by atoms with Crippen molar-refractivity contribution in [2.45, 2.75) is 31.8 Å². The van der Waals surface area contributed by atoms with E-state index in [0.717, 1.165) is 29.8 Å². The number of nitrogen functional groups attached to an aromatic ring is 1. The Kier molecular flexibility index (Phi) is 4.96. The molecule has 1 aromatic heterocycles. The first kappa shape index (κ1) is 17.3. The van der Waals surface area contributed by atoms with Gasteiger partial charge in [-0.05, 0) is 44.5 Å². The van der Waals surface area contributed by atoms with Crippen LogP contribution in [0.1, 0.15) is 20.3 Å². The predicted molar refractivity (Wildman–Crippen MR) is 97.8 cm³/mol. The van der Waals surface area contributed by atoms with Gasteiger partial charge in [0.1, 0.15) is 11.7 Å². The minimum atomic E-state index is -0.553. The molecule has 0 aliphatic carbocycles. The van der Waals surface area contributed by atoms with Crippen molar-refractivity contribution in [1.29, 1.82) is 0 Å². The largest absolute Gasteiger partial charge is 0.386 e. The molecular formula is C18H25N6O+. The maximum absolute atomic E-state index is 12.8. The second-order valence-corrected chi connectivity index (χ2v) is 6.73. The third kappa shape index (κ3) is 3.94. The summed E-state index contributed by atoms with van der Waals surface area (Å²) in [4.78, 5) is 19.8. The molecule has 7 heteroatoms. The monoisotopic (exact) mass is 341 g/mol. The minimum Gasteiger partial charge on any atom is -0.324 e. The zero-order valence-corrected chi connectivity index (χ0v) is 14.6. The van der Waals surface area contributed by atoms with Crippen LogP contribution in [0.25, 0.3) is 11.1 Å². The number of amides is 1. The first-order chi connectivity index (χ1) is 12.0. The Bertz CT molecular complexity index is 720. The Morgan fingerprint density at radius 1 is 1.32 bits per heavy atom. The van der Waals surface area contributed by atoms with Crippen LogP contribution in [0.3, 0.4) is 0 Å². The SMILES string of the molecule is CC(C)NC1(C(=O)Nc2ccc(-c3cnc(N)[nH+]c3)cc2)CCNC1. The Labute approximate surface area is 147 Å². The van der Waals surface area contributed by atoms with Crippen molar-refractivity contribution in [1.82, 2.24) is 15.6 Å². The number of nitrogens with zero attached hydrogens (tertiary/aromatic N) is 1. The summed E-state index contributed by atoms with van der Waals surface area (Å²) in [5, 5.41) is 9.73. The van der Waals surface area contributed by atoms with Gasteiger partial charge in [-0.15, -0.1) is 0 Å². The van der Waals surface area contributed by atoms with Crippen molar-refractivity contribution < 1.29 is 9.78 Å². The van der Waals surface area contributed by atoms with Crippen LogP contribution in [0.15, 0.2) is 36.7 Å². The van der Waals surface area contributed by atoms with Crippen molar-refractivity contribution in [3.8, 4) is 11.1 Å². The number of aromatic nitrogens is 2. The van der Waals surface area contributed by atoms with E-state index >= 15 is 0 Å². The lowest BCUT2D eigenvalue weighted by atomic mass is 9.96. The lowest BCUT2D eigenvalue weighted by Gasteiger charge is -2.30. The van der Waals surface area contributed by atoms with E-state index < -0.39 is 5.54 Å². The van der Waals surface area contributed by atoms with Crippen molar-refractivity contribution in [3.05, 3.63) is 36.7 Å². The van der Waals surface area contributed by atoms with Gasteiger partial charge >= 0.3 is 5.95 Å². The topological polar surface area (TPSA) is 106 Å². The normalized spacial score (nSPS) is 20.0. The molecule has 25 heavy (non-hydrogen) atoms. The highest BCUT2D eigenvalue weighted by Gasteiger charge is 2.41. The number of hydrogen-bond donors (Lipinski definition) is 4. The van der Waals surface area contributed by atoms with Gasteiger partial charge in [0, 0.05) is 23.8 Å². The van der Waals surface area contributed by atoms with E-state index in [0.29, 0.717) is 12.5 Å². The molecule has 2 aromatic rings. The zero-order valence-electron chi connectivity index (χ0n) is 14.6. The number of aromatic amines is 1. The molecule has 1 unspecified atom stereocenters. The van der Waals surface area contributed by atoms with Gasteiger partial charge in [-0.25, -0.2) is 4.98 Å². The molecule has 1 fully saturated rings. The predicted octanol–water partition coefficient (Wildman–Crippen LogP) is 0.814. The quantitative estimate of drug-likeness (QED) is 0.644. The third-order valence-corrected chi connectivity index (χ3v) is 4.35. The van der Waals surface area contributed by atoms with Crippen molar-refractivity contribution >= 4 is 17.5 Å². The van der Waals surface area contributed by atoms with Gasteiger partial charge in [0.05, 0.1) is 6.20 Å². The number of anilines is 2. The molecule has 7 nitrogen and oxygen atoms in total. The van der Waals surface area contributed by atoms with Crippen LogP contribution >= 0.6 is 0 Å². The van der Waals surface area contributed by atoms with Crippen LogP contribution in [-0.2, 0) is 4.79 Å². The Hall–Kier alpha value is -2.51. The third-order valence-electron chi connectivity index (χ3n) is 4.35. The zero-order chi connectivity index (χ0) is 17.9. The van der Waals surface area contributed by atoms with E-state index in [-0.39, 0.29) is 11.9 Å². The van der Waals surface area contributed by atoms with Crippen LogP contribution in [0, 0.1) is 0 Å². The van der Waals surface area contributed by atoms with Gasteiger partial charge in [-0.3, -0.25) is 15.8 Å². The maximum atomic E-state index is 12.8. The Balaban J connectivity index is 1.72. The molecule has 6 N–H and O–H groups in total. The number of nitrogens with two attached hydrogens (primary N) is 1. The van der Waals surface area contributed by atoms with Crippen LogP contribution < -0.4 is 26.7 Å². The number of carbonyl (C=O) groups is 1. The summed E-state index contributed by atoms with van der Waals surface area (Å²) in [5.74, 6) is 0.377. The fourth-order valence-electron chi connectivity index (χ4n) is 3.15. The van der Waals surface area contributed by atoms with Gasteiger partial charge < -0.3 is 10.6 Å². The molecule has 2 heterocycles. The summed E-state index contributed by atoms with van der Waals surface area (Å²) in [6.45, 7) is 5.59. The average molecular weight is 341 g/mol. The van der Waals surface area contributed by atoms with Crippen LogP contribution in [0.2, 0.25) is 0 Å². The Morgan fingerprint density at radius 3 is 2.64 bits per heavy atom. The van der Waals surface area contributed by atoms with Gasteiger partial charge in [0.25, 0.3) is 0 Å². The van der Waals surface area contributed by atoms with E-state index in [9.17, 15) is 4.79 Å². The number of benzene rings is 1. The van der Waals surface area contributed by atoms with Gasteiger partial charge in [-0.2, -0.15) is 0 Å². The van der Waals surface area contributed by atoms with Crippen molar-refractivity contribution in [3.63, 3.8) is 0 Å². The first-order valence-corrected chi connectivity index (χ1v) is 8.52. The van der Waals surface area contributed by atoms with Crippen molar-refractivity contribution in [2.75, 3.05) is 24.1 Å². The fraction of sp³-hybridized carbons (Fsp3) is 0.389. The summed E-state index contributed by atoms with van der Waals surface area (Å²) in [5.41, 5.74) is 7.72. The Morgan fingerprint density at radius 2 is 2.08 bits per heavy atom. The fourth-order valence-corrected chi connectivity index (χ4v) is 3.15. The molecule has 1 aromatic carbocycles. The molecule has 1 aliphatic heterocycles. The molecule has 1 aliphatic rings. The summed E-state index contributed by atoms with van der Waals surface area (Å²) < 4.78 is 0. The van der Waals surface area contributed by atoms with Gasteiger partial charge in [0.15, 0.2) is 0 Å². The number of carbonyl (C=O) groups excluding carboxylic acids is 1. The van der Waals surface area contributed by atoms with E-state index in [2.05, 4.69) is 39.8 Å². The van der Waals surface area contributed by atoms with E-state index in [1.165, 1.54) is 0 Å². The highest BCUT2D eigenvalue weighted by atomic mass is 16.2. The molecule has 0 bridgehead atoms. The molecule has 132 valence electrons. The lowest BCUT2D eigenvalue weighted by Crippen LogP contribution is -2.58. The molecule has 0 saturated carbocycles. The standard InChI is InChI=1S/C18H24N6O/c1-12(2)24-18(7-8-20-11-18)16(25)23-15-5-3-13(4-6-15)14-9-21-17(19)22-10-14/h3-6,9-10,12,20,24H,7-8,11H2,1-2H3,(H,23,25)(H2,19,21,22)/p+1. The second kappa shape index (κ2) is 7.16. The smallest absolute Gasteiger partial charge is 0.324 e. The number of hydrogen-bond acceptors (Lipinski definition) is 5. The first-order valence-electron chi connectivity index (χ1n) is 8.52. The van der Waals surface area contributed by atoms with Gasteiger partial charge in [0.2, 0.25) is 5.91 Å². The molecule has 1 saturated heterocycles. The highest BCUT2D eigenvalue weighted by molar-refractivity contribution is 5.98. The van der Waals surface area contributed by atoms with E-state index in [1.54, 1.807) is 6.20 Å². The molecule has 3 rings (SSSR count). The number of nitrogens with one attached hydrogen (secondary N) is 4. The number of rotatable bonds is 5. The minimum absolute atomic E-state index is 0.00133. The van der Waals surface area contributed by atoms with Crippen LogP contribution in [0.5, 0.6) is 0 Å². The molecule has 1 atom stereocenters. The van der Waals surface area contributed by atoms with E-state index in [1.807, 2.05) is 30.5 Å². The van der Waals surface area contributed by atoms with Crippen LogP contribution in [-0.4, -0.2) is 35.6 Å². The van der Waals surface area contributed by atoms with Crippen molar-refractivity contribution in [2.24, 2.45) is 0 Å². The molecule has 1 amide bonds. The highest BCUT2D eigenvalue weighted by Crippen LogP contribution is 2.22. The molecule has 0 spiro atoms. The molecular weight excluding hydrogens is 316 g/mol. The van der Waals surface area contributed by atoms with Gasteiger partial charge in [-0.1, -0.05) is 17.1 Å². The van der Waals surface area contributed by atoms with Crippen LogP contribution in [0.4, 0.5) is 11.6 Å². The summed E-state index contributed by atoms with van der Waals surface area (Å²) >= 11 is 0. The number of H-pyrrole nitrogens is 1. The second-order valence-electron chi connectivity index (χ2n) is 6.73. The summed E-state index contributed by atoms with van der Waals surface area (Å²) in [7, 11) is 0. The summed E-state index contributed by atoms with van der Waals surface area (Å²) in [6, 6.07) is 7.93.